The number of methoxy groups -OCH3 is 3. The molecule has 0 radical (unpaired) electrons. The van der Waals surface area contributed by atoms with E-state index >= 15 is 0 Å². The topological polar surface area (TPSA) is 149 Å². The lowest BCUT2D eigenvalue weighted by molar-refractivity contribution is -0.255. The average molecular weight is 929 g/mol. The maximum Gasteiger partial charge on any atom is 0.407 e. The summed E-state index contributed by atoms with van der Waals surface area (Å²) < 4.78 is 57.9. The molecular formula is C50H65N4O11P. The second-order valence-corrected chi connectivity index (χ2v) is 17.7. The van der Waals surface area contributed by atoms with Gasteiger partial charge in [0.05, 0.1) is 40.6 Å². The predicted molar refractivity (Wildman–Crippen MR) is 252 cm³/mol. The summed E-state index contributed by atoms with van der Waals surface area (Å²) in [6.07, 6.45) is -3.25. The predicted octanol–water partition coefficient (Wildman–Crippen LogP) is 8.50. The van der Waals surface area contributed by atoms with Gasteiger partial charge in [0.1, 0.15) is 48.2 Å². The number of amides is 2. The molecule has 66 heavy (non-hydrogen) atoms. The number of hydrogen-bond acceptors (Lipinski definition) is 12. The van der Waals surface area contributed by atoms with E-state index < -0.39 is 50.7 Å². The van der Waals surface area contributed by atoms with Crippen LogP contribution in [-0.4, -0.2) is 108 Å². The molecule has 0 aliphatic carbocycles. The van der Waals surface area contributed by atoms with Gasteiger partial charge in [-0.2, -0.15) is 0 Å². The number of hydrogen-bond donors (Lipinski definition) is 2. The molecule has 16 heteroatoms. The van der Waals surface area contributed by atoms with Crippen LogP contribution in [0, 0.1) is 12.5 Å². The lowest BCUT2D eigenvalue weighted by atomic mass is 9.80. The van der Waals surface area contributed by atoms with Crippen molar-refractivity contribution in [2.24, 2.45) is 5.92 Å². The van der Waals surface area contributed by atoms with E-state index in [0.717, 1.165) is 22.3 Å². The molecule has 15 nitrogen and oxygen atoms in total. The minimum Gasteiger partial charge on any atom is -0.497 e. The molecule has 356 valence electrons. The molecule has 4 aromatic carbocycles. The van der Waals surface area contributed by atoms with Crippen LogP contribution in [0.4, 0.5) is 4.79 Å². The van der Waals surface area contributed by atoms with E-state index in [1.165, 1.54) is 6.92 Å². The number of carbonyl (C=O) groups is 2. The molecule has 1 fully saturated rings. The first kappa shape index (κ1) is 51.7. The van der Waals surface area contributed by atoms with Gasteiger partial charge in [0.25, 0.3) is 8.53 Å². The van der Waals surface area contributed by atoms with Gasteiger partial charge in [0.2, 0.25) is 12.5 Å². The van der Waals surface area contributed by atoms with Crippen LogP contribution < -0.4 is 24.8 Å². The van der Waals surface area contributed by atoms with Gasteiger partial charge in [0, 0.05) is 31.5 Å². The van der Waals surface area contributed by atoms with E-state index in [9.17, 15) is 9.59 Å². The van der Waals surface area contributed by atoms with Crippen LogP contribution in [0.2, 0.25) is 0 Å². The second-order valence-electron chi connectivity index (χ2n) is 16.2. The van der Waals surface area contributed by atoms with Gasteiger partial charge in [-0.1, -0.05) is 73.7 Å². The van der Waals surface area contributed by atoms with Crippen molar-refractivity contribution in [2.75, 3.05) is 54.3 Å². The molecule has 0 spiro atoms. The summed E-state index contributed by atoms with van der Waals surface area (Å²) in [6, 6.07) is 32.0. The van der Waals surface area contributed by atoms with Gasteiger partial charge in [-0.15, -0.1) is 0 Å². The van der Waals surface area contributed by atoms with Gasteiger partial charge in [-0.3, -0.25) is 4.79 Å². The fourth-order valence-corrected chi connectivity index (χ4v) is 9.77. The fourth-order valence-electron chi connectivity index (χ4n) is 7.95. The van der Waals surface area contributed by atoms with Gasteiger partial charge in [0.15, 0.2) is 6.29 Å². The van der Waals surface area contributed by atoms with Crippen LogP contribution >= 0.6 is 8.53 Å². The van der Waals surface area contributed by atoms with Crippen molar-refractivity contribution in [3.63, 3.8) is 0 Å². The van der Waals surface area contributed by atoms with E-state index in [0.29, 0.717) is 17.2 Å². The van der Waals surface area contributed by atoms with Crippen molar-refractivity contribution in [1.29, 1.82) is 0 Å². The van der Waals surface area contributed by atoms with Crippen molar-refractivity contribution in [1.82, 2.24) is 15.3 Å². The molecule has 1 aliphatic rings. The minimum atomic E-state index is -1.77. The Kier molecular flexibility index (Phi) is 20.0. The summed E-state index contributed by atoms with van der Waals surface area (Å²) in [5.74, 6) is 1.27. The maximum atomic E-state index is 13.2. The molecule has 1 aliphatic heterocycles. The molecule has 5 rings (SSSR count). The highest BCUT2D eigenvalue weighted by atomic mass is 31.2. The van der Waals surface area contributed by atoms with E-state index in [4.69, 9.17) is 48.8 Å². The summed E-state index contributed by atoms with van der Waals surface area (Å²) in [5.41, 5.74) is 2.29. The van der Waals surface area contributed by atoms with Crippen molar-refractivity contribution in [3.8, 4) is 17.2 Å². The zero-order chi connectivity index (χ0) is 47.6. The first-order valence-corrected chi connectivity index (χ1v) is 23.3. The monoisotopic (exact) mass is 928 g/mol. The summed E-state index contributed by atoms with van der Waals surface area (Å²) in [6.45, 7) is 19.4. The van der Waals surface area contributed by atoms with Crippen LogP contribution in [0.5, 0.6) is 17.2 Å². The molecule has 6 unspecified atom stereocenters. The van der Waals surface area contributed by atoms with E-state index in [1.807, 2.05) is 110 Å². The summed E-state index contributed by atoms with van der Waals surface area (Å²) >= 11 is 0. The third-order valence-corrected chi connectivity index (χ3v) is 13.2. The summed E-state index contributed by atoms with van der Waals surface area (Å²) in [4.78, 5) is 29.7. The minimum absolute atomic E-state index is 0.0105. The number of alkyl carbamates (subject to hydrolysis) is 1. The molecule has 4 aromatic rings. The highest BCUT2D eigenvalue weighted by Gasteiger charge is 2.49. The third-order valence-electron chi connectivity index (χ3n) is 11.1. The molecule has 1 heterocycles. The van der Waals surface area contributed by atoms with Gasteiger partial charge >= 0.3 is 6.09 Å². The number of benzene rings is 4. The van der Waals surface area contributed by atoms with Crippen molar-refractivity contribution in [2.45, 2.75) is 90.3 Å². The Morgan fingerprint density at radius 2 is 1.41 bits per heavy atom. The molecule has 2 N–H and O–H groups in total. The quantitative estimate of drug-likeness (QED) is 0.0301. The molecule has 0 saturated carbocycles. The maximum absolute atomic E-state index is 13.2. The fraction of sp³-hybridized carbons (Fsp3) is 0.460. The van der Waals surface area contributed by atoms with Crippen LogP contribution in [0.1, 0.15) is 63.8 Å². The van der Waals surface area contributed by atoms with Gasteiger partial charge in [-0.05, 0) is 86.3 Å². The van der Waals surface area contributed by atoms with Crippen LogP contribution in [0.25, 0.3) is 4.85 Å². The number of carbonyl (C=O) groups excluding carboxylic acids is 2. The zero-order valence-electron chi connectivity index (χ0n) is 39.4. The average Bonchev–Trinajstić information content (AvgIpc) is 3.32. The Labute approximate surface area is 391 Å². The van der Waals surface area contributed by atoms with E-state index in [2.05, 4.69) is 47.8 Å². The Morgan fingerprint density at radius 1 is 0.803 bits per heavy atom. The largest absolute Gasteiger partial charge is 0.497 e. The van der Waals surface area contributed by atoms with Crippen molar-refractivity contribution in [3.05, 3.63) is 137 Å². The molecule has 0 bridgehead atoms. The van der Waals surface area contributed by atoms with Crippen LogP contribution in [-0.2, 0) is 44.9 Å². The van der Waals surface area contributed by atoms with Crippen molar-refractivity contribution >= 4 is 20.5 Å². The number of nitrogens with zero attached hydrogens (tertiary/aromatic N) is 2. The highest BCUT2D eigenvalue weighted by Crippen LogP contribution is 2.50. The van der Waals surface area contributed by atoms with Gasteiger partial charge in [-0.25, -0.2) is 16.0 Å². The summed E-state index contributed by atoms with van der Waals surface area (Å²) in [5, 5.41) is 5.85. The van der Waals surface area contributed by atoms with Crippen LogP contribution in [0.3, 0.4) is 0 Å². The second kappa shape index (κ2) is 25.6. The van der Waals surface area contributed by atoms with Crippen molar-refractivity contribution < 1.29 is 51.8 Å². The molecule has 0 aromatic heterocycles. The standard InChI is InChI=1S/C50H65N4O11P/c1-34(2)54(35(3)4)66(63-28-27-51-7)65-47-36(5)45(33-61-49(56)52-32-38-15-14-18-44(31-38)59-10)64-48(46(47)53-37(6)55)60-29-30-62-50(39-16-12-11-13-17-39,40-19-23-42(57-8)24-20-40)41-21-25-43(58-9)26-22-41/h11-26,31,34-36,45-48H,27-30,32-33H2,1-6,8-10H3,(H,52,56)(H,53,55). The third kappa shape index (κ3) is 13.6. The molecule has 1 saturated heterocycles. The Bertz CT molecular complexity index is 2080. The number of rotatable bonds is 24. The van der Waals surface area contributed by atoms with E-state index in [1.54, 1.807) is 21.3 Å². The first-order valence-electron chi connectivity index (χ1n) is 22.1. The summed E-state index contributed by atoms with van der Waals surface area (Å²) in [7, 11) is 3.06. The number of nitrogens with one attached hydrogen (secondary N) is 2. The molecule has 6 atom stereocenters. The smallest absolute Gasteiger partial charge is 0.407 e. The Balaban J connectivity index is 1.46. The van der Waals surface area contributed by atoms with Crippen LogP contribution in [0.15, 0.2) is 103 Å². The normalized spacial score (nSPS) is 18.9. The SMILES string of the molecule is [C-]#[N+]CCOP(OC1C(C)C(COC(=O)NCc2cccc(OC)c2)OC(OCCOC(c2ccccc2)(c2ccc(OC)cc2)c2ccc(OC)cc2)C1NC(C)=O)N(C(C)C)C(C)C. The molecule has 2 amide bonds. The molecular weight excluding hydrogens is 864 g/mol. The first-order chi connectivity index (χ1) is 31.8. The lowest BCUT2D eigenvalue weighted by Crippen LogP contribution is -2.62. The number of ether oxygens (including phenoxy) is 7. The lowest BCUT2D eigenvalue weighted by Gasteiger charge is -2.47. The zero-order valence-corrected chi connectivity index (χ0v) is 40.3. The van der Waals surface area contributed by atoms with E-state index in [-0.39, 0.29) is 57.5 Å². The Morgan fingerprint density at radius 3 is 1.97 bits per heavy atom. The highest BCUT2D eigenvalue weighted by molar-refractivity contribution is 7.44. The van der Waals surface area contributed by atoms with Gasteiger partial charge < -0.3 is 57.7 Å². The Hall–Kier alpha value is -5.30.